The van der Waals surface area contributed by atoms with E-state index in [0.717, 1.165) is 32.1 Å². The number of nitrogens with two attached hydrogens (primary N) is 1. The molecule has 1 aromatic rings. The van der Waals surface area contributed by atoms with Crippen LogP contribution in [0, 0.1) is 18.2 Å². The molecule has 2 nitrogen and oxygen atoms in total. The first-order chi connectivity index (χ1) is 8.79. The molecule has 0 aliphatic heterocycles. The van der Waals surface area contributed by atoms with Crippen LogP contribution in [-0.2, 0) is 6.54 Å². The average Bonchev–Trinajstić information content (AvgIpc) is 2.39. The summed E-state index contributed by atoms with van der Waals surface area (Å²) in [5.74, 6) is 2.56. The highest BCUT2D eigenvalue weighted by Crippen LogP contribution is 2.20. The highest BCUT2D eigenvalue weighted by atomic mass is 19.1. The summed E-state index contributed by atoms with van der Waals surface area (Å²) in [5, 5.41) is 0. The van der Waals surface area contributed by atoms with Crippen LogP contribution in [0.4, 0.5) is 4.39 Å². The van der Waals surface area contributed by atoms with Gasteiger partial charge < -0.3 is 10.5 Å². The van der Waals surface area contributed by atoms with Gasteiger partial charge in [-0.3, -0.25) is 0 Å². The molecule has 18 heavy (non-hydrogen) atoms. The molecule has 3 heteroatoms. The van der Waals surface area contributed by atoms with Crippen LogP contribution in [0.3, 0.4) is 0 Å². The molecule has 0 atom stereocenters. The second kappa shape index (κ2) is 8.54. The van der Waals surface area contributed by atoms with Crippen LogP contribution in [-0.4, -0.2) is 6.61 Å². The zero-order valence-electron chi connectivity index (χ0n) is 10.6. The SMILES string of the molecule is C#CCCCCCCOc1cccc(CN)c1F. The third-order valence-corrected chi connectivity index (χ3v) is 2.74. The first-order valence-corrected chi connectivity index (χ1v) is 6.33. The first-order valence-electron chi connectivity index (χ1n) is 6.33. The molecule has 0 radical (unpaired) electrons. The van der Waals surface area contributed by atoms with Gasteiger partial charge in [0.25, 0.3) is 0 Å². The molecule has 0 heterocycles. The minimum atomic E-state index is -0.340. The normalized spacial score (nSPS) is 10.1. The Morgan fingerprint density at radius 2 is 2.00 bits per heavy atom. The van der Waals surface area contributed by atoms with Crippen LogP contribution >= 0.6 is 0 Å². The summed E-state index contributed by atoms with van der Waals surface area (Å²) in [6.07, 6.45) is 10.1. The summed E-state index contributed by atoms with van der Waals surface area (Å²) in [6, 6.07) is 5.06. The molecule has 0 unspecified atom stereocenters. The van der Waals surface area contributed by atoms with E-state index in [-0.39, 0.29) is 12.4 Å². The van der Waals surface area contributed by atoms with Gasteiger partial charge in [-0.25, -0.2) is 4.39 Å². The molecule has 0 fully saturated rings. The van der Waals surface area contributed by atoms with Gasteiger partial charge in [0.1, 0.15) is 0 Å². The van der Waals surface area contributed by atoms with Gasteiger partial charge in [0.2, 0.25) is 0 Å². The van der Waals surface area contributed by atoms with E-state index in [0.29, 0.717) is 17.9 Å². The van der Waals surface area contributed by atoms with Crippen molar-refractivity contribution < 1.29 is 9.13 Å². The minimum absolute atomic E-state index is 0.190. The summed E-state index contributed by atoms with van der Waals surface area (Å²) in [4.78, 5) is 0. The van der Waals surface area contributed by atoms with E-state index in [1.807, 2.05) is 0 Å². The smallest absolute Gasteiger partial charge is 0.169 e. The monoisotopic (exact) mass is 249 g/mol. The molecule has 2 N–H and O–H groups in total. The number of hydrogen-bond donors (Lipinski definition) is 1. The van der Waals surface area contributed by atoms with Crippen molar-refractivity contribution in [2.75, 3.05) is 6.61 Å². The lowest BCUT2D eigenvalue weighted by Crippen LogP contribution is -2.04. The van der Waals surface area contributed by atoms with Crippen LogP contribution in [0.25, 0.3) is 0 Å². The molecule has 0 amide bonds. The Hall–Kier alpha value is -1.53. The summed E-state index contributed by atoms with van der Waals surface area (Å²) in [6.45, 7) is 0.718. The van der Waals surface area contributed by atoms with E-state index in [2.05, 4.69) is 5.92 Å². The Labute approximate surface area is 108 Å². The van der Waals surface area contributed by atoms with Crippen LogP contribution in [0.5, 0.6) is 5.75 Å². The number of halogens is 1. The maximum atomic E-state index is 13.7. The fourth-order valence-electron chi connectivity index (χ4n) is 1.69. The maximum Gasteiger partial charge on any atom is 0.169 e. The van der Waals surface area contributed by atoms with Gasteiger partial charge in [-0.15, -0.1) is 12.3 Å². The van der Waals surface area contributed by atoms with Crippen LogP contribution in [0.2, 0.25) is 0 Å². The van der Waals surface area contributed by atoms with Crippen LogP contribution in [0.1, 0.15) is 37.7 Å². The lowest BCUT2D eigenvalue weighted by Gasteiger charge is -2.09. The third kappa shape index (κ3) is 4.77. The first kappa shape index (κ1) is 14.5. The van der Waals surface area contributed by atoms with Crippen LogP contribution < -0.4 is 10.5 Å². The Balaban J connectivity index is 2.25. The van der Waals surface area contributed by atoms with Gasteiger partial charge in [0.15, 0.2) is 11.6 Å². The minimum Gasteiger partial charge on any atom is -0.491 e. The molecule has 98 valence electrons. The number of hydrogen-bond acceptors (Lipinski definition) is 2. The van der Waals surface area contributed by atoms with Crippen molar-refractivity contribution in [2.24, 2.45) is 5.73 Å². The van der Waals surface area contributed by atoms with Crippen LogP contribution in [0.15, 0.2) is 18.2 Å². The van der Waals surface area contributed by atoms with Crippen molar-refractivity contribution >= 4 is 0 Å². The zero-order chi connectivity index (χ0) is 13.2. The van der Waals surface area contributed by atoms with E-state index in [1.165, 1.54) is 0 Å². The van der Waals surface area contributed by atoms with Crippen molar-refractivity contribution in [2.45, 2.75) is 38.6 Å². The molecule has 0 saturated heterocycles. The van der Waals surface area contributed by atoms with Gasteiger partial charge in [-0.1, -0.05) is 25.0 Å². The summed E-state index contributed by atoms with van der Waals surface area (Å²) in [5.41, 5.74) is 5.92. The van der Waals surface area contributed by atoms with E-state index < -0.39 is 0 Å². The van der Waals surface area contributed by atoms with E-state index in [4.69, 9.17) is 16.9 Å². The van der Waals surface area contributed by atoms with Crippen molar-refractivity contribution in [1.29, 1.82) is 0 Å². The fourth-order valence-corrected chi connectivity index (χ4v) is 1.69. The van der Waals surface area contributed by atoms with Gasteiger partial charge >= 0.3 is 0 Å². The molecule has 0 bridgehead atoms. The number of ether oxygens (including phenoxy) is 1. The number of rotatable bonds is 8. The zero-order valence-corrected chi connectivity index (χ0v) is 10.6. The summed E-state index contributed by atoms with van der Waals surface area (Å²) < 4.78 is 19.1. The van der Waals surface area contributed by atoms with E-state index in [1.54, 1.807) is 18.2 Å². The molecule has 1 aromatic carbocycles. The van der Waals surface area contributed by atoms with E-state index >= 15 is 0 Å². The largest absolute Gasteiger partial charge is 0.491 e. The maximum absolute atomic E-state index is 13.7. The number of terminal acetylenes is 1. The Morgan fingerprint density at radius 3 is 2.72 bits per heavy atom. The Kier molecular flexibility index (Phi) is 6.90. The second-order valence-electron chi connectivity index (χ2n) is 4.15. The predicted octanol–water partition coefficient (Wildman–Crippen LogP) is 3.25. The topological polar surface area (TPSA) is 35.2 Å². The quantitative estimate of drug-likeness (QED) is 0.567. The van der Waals surface area contributed by atoms with Gasteiger partial charge in [-0.2, -0.15) is 0 Å². The Bertz CT molecular complexity index is 398. The fraction of sp³-hybridized carbons (Fsp3) is 0.467. The average molecular weight is 249 g/mol. The highest BCUT2D eigenvalue weighted by molar-refractivity contribution is 5.30. The Morgan fingerprint density at radius 1 is 1.22 bits per heavy atom. The lowest BCUT2D eigenvalue weighted by atomic mass is 10.1. The molecule has 0 aliphatic rings. The molecule has 0 aliphatic carbocycles. The molecule has 0 saturated carbocycles. The second-order valence-corrected chi connectivity index (χ2v) is 4.15. The standard InChI is InChI=1S/C15H20FNO/c1-2-3-4-5-6-7-11-18-14-10-8-9-13(12-17)15(14)16/h1,8-10H,3-7,11-12,17H2. The van der Waals surface area contributed by atoms with Gasteiger partial charge in [0.05, 0.1) is 6.61 Å². The molecule has 0 aromatic heterocycles. The predicted molar refractivity (Wildman–Crippen MR) is 71.7 cm³/mol. The van der Waals surface area contributed by atoms with Crippen molar-refractivity contribution in [3.05, 3.63) is 29.6 Å². The molecule has 0 spiro atoms. The highest BCUT2D eigenvalue weighted by Gasteiger charge is 2.07. The van der Waals surface area contributed by atoms with Crippen molar-refractivity contribution in [3.63, 3.8) is 0 Å². The lowest BCUT2D eigenvalue weighted by molar-refractivity contribution is 0.289. The molecular formula is C15H20FNO. The van der Waals surface area contributed by atoms with Gasteiger partial charge in [0, 0.05) is 18.5 Å². The van der Waals surface area contributed by atoms with Crippen molar-refractivity contribution in [3.8, 4) is 18.1 Å². The summed E-state index contributed by atoms with van der Waals surface area (Å²) in [7, 11) is 0. The number of unbranched alkanes of at least 4 members (excludes halogenated alkanes) is 4. The third-order valence-electron chi connectivity index (χ3n) is 2.74. The molecule has 1 rings (SSSR count). The van der Waals surface area contributed by atoms with E-state index in [9.17, 15) is 4.39 Å². The summed E-state index contributed by atoms with van der Waals surface area (Å²) >= 11 is 0. The molecular weight excluding hydrogens is 229 g/mol. The van der Waals surface area contributed by atoms with Crippen molar-refractivity contribution in [1.82, 2.24) is 0 Å². The van der Waals surface area contributed by atoms with Gasteiger partial charge in [-0.05, 0) is 18.9 Å². The number of benzene rings is 1.